The molecule has 3 aliphatic heterocycles. The van der Waals surface area contributed by atoms with Crippen LogP contribution in [-0.2, 0) is 9.53 Å². The number of rotatable bonds is 1. The van der Waals surface area contributed by atoms with Crippen molar-refractivity contribution in [2.45, 2.75) is 63.3 Å². The molecule has 0 saturated carbocycles. The predicted molar refractivity (Wildman–Crippen MR) is 62.4 cm³/mol. The fraction of sp³-hybridized carbons (Fsp3) is 0.923. The number of nitrogens with zero attached hydrogens (tertiary/aromatic N) is 1. The van der Waals surface area contributed by atoms with Gasteiger partial charge in [-0.15, -0.1) is 0 Å². The van der Waals surface area contributed by atoms with E-state index in [1.54, 1.807) is 0 Å². The average molecular weight is 239 g/mol. The summed E-state index contributed by atoms with van der Waals surface area (Å²) in [6, 6.07) is 0.563. The Bertz CT molecular complexity index is 306. The Morgan fingerprint density at radius 3 is 2.41 bits per heavy atom. The number of aliphatic hydroxyl groups excluding tert-OH is 1. The molecule has 3 rings (SSSR count). The van der Waals surface area contributed by atoms with Crippen molar-refractivity contribution in [1.82, 2.24) is 4.90 Å². The highest BCUT2D eigenvalue weighted by Crippen LogP contribution is 2.38. The molecule has 17 heavy (non-hydrogen) atoms. The van der Waals surface area contributed by atoms with Crippen molar-refractivity contribution in [2.75, 3.05) is 6.61 Å². The zero-order chi connectivity index (χ0) is 12.0. The van der Waals surface area contributed by atoms with Crippen LogP contribution in [0.2, 0.25) is 0 Å². The molecule has 1 N–H and O–H groups in total. The SMILES string of the molecule is CC1OCCC1C(=O)N1C2CCC1CC(O)C2. The van der Waals surface area contributed by atoms with E-state index in [0.717, 1.165) is 32.1 Å². The molecule has 0 aromatic heterocycles. The molecule has 2 bridgehead atoms. The first kappa shape index (κ1) is 11.5. The van der Waals surface area contributed by atoms with Crippen molar-refractivity contribution < 1.29 is 14.6 Å². The molecule has 3 saturated heterocycles. The first-order valence-electron chi connectivity index (χ1n) is 6.78. The van der Waals surface area contributed by atoms with Gasteiger partial charge in [0.15, 0.2) is 0 Å². The largest absolute Gasteiger partial charge is 0.393 e. The van der Waals surface area contributed by atoms with Crippen molar-refractivity contribution in [3.05, 3.63) is 0 Å². The van der Waals surface area contributed by atoms with Gasteiger partial charge in [0.1, 0.15) is 0 Å². The molecule has 4 unspecified atom stereocenters. The Labute approximate surface area is 102 Å². The molecule has 3 fully saturated rings. The molecule has 96 valence electrons. The second-order valence-corrected chi connectivity index (χ2v) is 5.73. The van der Waals surface area contributed by atoms with E-state index in [-0.39, 0.29) is 36.1 Å². The molecule has 3 heterocycles. The van der Waals surface area contributed by atoms with Crippen LogP contribution in [0.3, 0.4) is 0 Å². The Morgan fingerprint density at radius 1 is 1.24 bits per heavy atom. The van der Waals surface area contributed by atoms with E-state index in [2.05, 4.69) is 4.90 Å². The third-order valence-electron chi connectivity index (χ3n) is 4.66. The molecule has 0 radical (unpaired) electrons. The lowest BCUT2D eigenvalue weighted by atomic mass is 9.95. The lowest BCUT2D eigenvalue weighted by Crippen LogP contribution is -2.51. The lowest BCUT2D eigenvalue weighted by molar-refractivity contribution is -0.143. The lowest BCUT2D eigenvalue weighted by Gasteiger charge is -2.39. The Kier molecular flexibility index (Phi) is 2.87. The van der Waals surface area contributed by atoms with Crippen molar-refractivity contribution in [2.24, 2.45) is 5.92 Å². The maximum atomic E-state index is 12.5. The monoisotopic (exact) mass is 239 g/mol. The van der Waals surface area contributed by atoms with Gasteiger partial charge in [-0.1, -0.05) is 0 Å². The summed E-state index contributed by atoms with van der Waals surface area (Å²) in [5.74, 6) is 0.322. The summed E-state index contributed by atoms with van der Waals surface area (Å²) >= 11 is 0. The molecule has 0 aliphatic carbocycles. The van der Waals surface area contributed by atoms with Crippen molar-refractivity contribution >= 4 is 5.91 Å². The van der Waals surface area contributed by atoms with Crippen LogP contribution >= 0.6 is 0 Å². The molecule has 1 amide bonds. The fourth-order valence-electron chi connectivity index (χ4n) is 3.76. The number of hydrogen-bond donors (Lipinski definition) is 1. The van der Waals surface area contributed by atoms with E-state index < -0.39 is 0 Å². The number of amides is 1. The van der Waals surface area contributed by atoms with Gasteiger partial charge in [-0.25, -0.2) is 0 Å². The van der Waals surface area contributed by atoms with Crippen LogP contribution in [0, 0.1) is 5.92 Å². The van der Waals surface area contributed by atoms with E-state index in [0.29, 0.717) is 6.61 Å². The smallest absolute Gasteiger partial charge is 0.228 e. The quantitative estimate of drug-likeness (QED) is 0.740. The first-order valence-corrected chi connectivity index (χ1v) is 6.78. The third kappa shape index (κ3) is 1.87. The van der Waals surface area contributed by atoms with Crippen LogP contribution in [0.1, 0.15) is 39.0 Å². The van der Waals surface area contributed by atoms with Gasteiger partial charge in [-0.3, -0.25) is 4.79 Å². The normalized spacial score (nSPS) is 45.3. The molecule has 4 nitrogen and oxygen atoms in total. The number of hydrogen-bond acceptors (Lipinski definition) is 3. The maximum absolute atomic E-state index is 12.5. The second kappa shape index (κ2) is 4.25. The van der Waals surface area contributed by atoms with Crippen LogP contribution in [0.15, 0.2) is 0 Å². The number of carbonyl (C=O) groups is 1. The summed E-state index contributed by atoms with van der Waals surface area (Å²) in [6.45, 7) is 2.71. The van der Waals surface area contributed by atoms with Crippen LogP contribution in [-0.4, -0.2) is 46.8 Å². The minimum Gasteiger partial charge on any atom is -0.393 e. The topological polar surface area (TPSA) is 49.8 Å². The van der Waals surface area contributed by atoms with Gasteiger partial charge < -0.3 is 14.7 Å². The maximum Gasteiger partial charge on any atom is 0.228 e. The van der Waals surface area contributed by atoms with Gasteiger partial charge in [0.05, 0.1) is 18.1 Å². The average Bonchev–Trinajstić information content (AvgIpc) is 2.81. The van der Waals surface area contributed by atoms with Gasteiger partial charge in [0.2, 0.25) is 5.91 Å². The van der Waals surface area contributed by atoms with Crippen molar-refractivity contribution in [3.8, 4) is 0 Å². The standard InChI is InChI=1S/C13H21NO3/c1-8-12(4-5-17-8)13(16)14-9-2-3-10(14)7-11(15)6-9/h8-12,15H,2-7H2,1H3. The van der Waals surface area contributed by atoms with E-state index in [1.165, 1.54) is 0 Å². The Balaban J connectivity index is 1.74. The van der Waals surface area contributed by atoms with Crippen molar-refractivity contribution in [3.63, 3.8) is 0 Å². The Hall–Kier alpha value is -0.610. The van der Waals surface area contributed by atoms with Gasteiger partial charge in [0.25, 0.3) is 0 Å². The van der Waals surface area contributed by atoms with Gasteiger partial charge in [-0.2, -0.15) is 0 Å². The van der Waals surface area contributed by atoms with Crippen molar-refractivity contribution in [1.29, 1.82) is 0 Å². The van der Waals surface area contributed by atoms with Crippen LogP contribution in [0.5, 0.6) is 0 Å². The molecule has 0 aromatic carbocycles. The predicted octanol–water partition coefficient (Wildman–Crippen LogP) is 0.926. The second-order valence-electron chi connectivity index (χ2n) is 5.73. The Morgan fingerprint density at radius 2 is 1.88 bits per heavy atom. The number of fused-ring (bicyclic) bond motifs is 2. The molecular formula is C13H21NO3. The number of ether oxygens (including phenoxy) is 1. The van der Waals surface area contributed by atoms with Gasteiger partial charge in [0, 0.05) is 18.7 Å². The third-order valence-corrected chi connectivity index (χ3v) is 4.66. The minimum atomic E-state index is -0.200. The molecule has 4 heteroatoms. The van der Waals surface area contributed by atoms with E-state index in [9.17, 15) is 9.90 Å². The highest BCUT2D eigenvalue weighted by atomic mass is 16.5. The molecule has 0 aromatic rings. The molecular weight excluding hydrogens is 218 g/mol. The summed E-state index contributed by atoms with van der Waals surface area (Å²) in [4.78, 5) is 14.6. The van der Waals surface area contributed by atoms with Crippen LogP contribution < -0.4 is 0 Å². The number of aliphatic hydroxyl groups is 1. The zero-order valence-corrected chi connectivity index (χ0v) is 10.3. The van der Waals surface area contributed by atoms with E-state index in [1.807, 2.05) is 6.92 Å². The molecule has 4 atom stereocenters. The first-order chi connectivity index (χ1) is 8.16. The minimum absolute atomic E-state index is 0.0494. The van der Waals surface area contributed by atoms with E-state index >= 15 is 0 Å². The highest BCUT2D eigenvalue weighted by molar-refractivity contribution is 5.80. The van der Waals surface area contributed by atoms with Crippen LogP contribution in [0.25, 0.3) is 0 Å². The summed E-state index contributed by atoms with van der Waals surface area (Å²) in [5, 5.41) is 9.74. The van der Waals surface area contributed by atoms with Crippen LogP contribution in [0.4, 0.5) is 0 Å². The zero-order valence-electron chi connectivity index (χ0n) is 10.3. The summed E-state index contributed by atoms with van der Waals surface area (Å²) in [5.41, 5.74) is 0. The highest BCUT2D eigenvalue weighted by Gasteiger charge is 2.46. The van der Waals surface area contributed by atoms with E-state index in [4.69, 9.17) is 4.74 Å². The summed E-state index contributed by atoms with van der Waals surface area (Å²) < 4.78 is 5.49. The summed E-state index contributed by atoms with van der Waals surface area (Å²) in [7, 11) is 0. The van der Waals surface area contributed by atoms with Gasteiger partial charge >= 0.3 is 0 Å². The molecule has 3 aliphatic rings. The fourth-order valence-corrected chi connectivity index (χ4v) is 3.76. The summed E-state index contributed by atoms with van der Waals surface area (Å²) in [6.07, 6.45) is 4.39. The van der Waals surface area contributed by atoms with Gasteiger partial charge in [-0.05, 0) is 39.0 Å². The number of piperidine rings is 1. The number of carbonyl (C=O) groups excluding carboxylic acids is 1. The molecule has 0 spiro atoms.